The highest BCUT2D eigenvalue weighted by molar-refractivity contribution is 6.30. The number of benzene rings is 2. The lowest BCUT2D eigenvalue weighted by Gasteiger charge is -2.01. The van der Waals surface area contributed by atoms with Gasteiger partial charge in [0, 0.05) is 22.3 Å². The Hall–Kier alpha value is -3.96. The fourth-order valence-corrected chi connectivity index (χ4v) is 3.24. The minimum atomic E-state index is -0.642. The van der Waals surface area contributed by atoms with Crippen LogP contribution in [0.15, 0.2) is 69.4 Å². The Labute approximate surface area is 175 Å². The Balaban J connectivity index is 1.81. The van der Waals surface area contributed by atoms with Crippen LogP contribution in [-0.2, 0) is 6.54 Å². The number of aryl methyl sites for hydroxylation is 1. The SMILES string of the molecule is N#CCCn1cc(/C=N/n2c(=O)[nH]c3ccccc3c2=O)c(-c2cccc(Cl)c2)n1. The minimum absolute atomic E-state index is 0.289. The second-order valence-corrected chi connectivity index (χ2v) is 6.89. The zero-order valence-electron chi connectivity index (χ0n) is 15.6. The highest BCUT2D eigenvalue weighted by atomic mass is 35.5. The third-order valence-electron chi connectivity index (χ3n) is 4.44. The lowest BCUT2D eigenvalue weighted by molar-refractivity contribution is 0.629. The summed E-state index contributed by atoms with van der Waals surface area (Å²) < 4.78 is 2.39. The molecule has 0 fully saturated rings. The monoisotopic (exact) mass is 418 g/mol. The van der Waals surface area contributed by atoms with Crippen molar-refractivity contribution in [2.75, 3.05) is 0 Å². The van der Waals surface area contributed by atoms with Crippen LogP contribution in [-0.4, -0.2) is 25.7 Å². The summed E-state index contributed by atoms with van der Waals surface area (Å²) in [7, 11) is 0. The molecule has 0 saturated carbocycles. The Morgan fingerprint density at radius 3 is 2.83 bits per heavy atom. The van der Waals surface area contributed by atoms with E-state index in [1.165, 1.54) is 6.21 Å². The van der Waals surface area contributed by atoms with Gasteiger partial charge in [0.15, 0.2) is 0 Å². The molecule has 30 heavy (non-hydrogen) atoms. The van der Waals surface area contributed by atoms with E-state index in [9.17, 15) is 9.59 Å². The lowest BCUT2D eigenvalue weighted by atomic mass is 10.1. The molecule has 0 aliphatic heterocycles. The van der Waals surface area contributed by atoms with Crippen LogP contribution in [0.1, 0.15) is 12.0 Å². The van der Waals surface area contributed by atoms with E-state index in [1.54, 1.807) is 53.3 Å². The van der Waals surface area contributed by atoms with Crippen LogP contribution >= 0.6 is 11.6 Å². The standard InChI is InChI=1S/C21H15ClN6O2/c22-16-6-3-5-14(11-16)19-15(13-27(26-19)10-4-9-23)12-24-28-20(29)17-7-1-2-8-18(17)25-21(28)30/h1-3,5-8,11-13H,4,10H2,(H,25,30)/b24-12+. The zero-order chi connectivity index (χ0) is 21.1. The molecule has 1 N–H and O–H groups in total. The Kier molecular flexibility index (Phi) is 5.28. The second kappa shape index (κ2) is 8.19. The molecule has 8 nitrogen and oxygen atoms in total. The van der Waals surface area contributed by atoms with Crippen molar-refractivity contribution in [3.8, 4) is 17.3 Å². The summed E-state index contributed by atoms with van der Waals surface area (Å²) in [6, 6.07) is 15.9. The number of H-pyrrole nitrogens is 1. The molecule has 0 unspecified atom stereocenters. The maximum Gasteiger partial charge on any atom is 0.349 e. The van der Waals surface area contributed by atoms with Crippen LogP contribution < -0.4 is 11.2 Å². The van der Waals surface area contributed by atoms with Crippen LogP contribution in [0.4, 0.5) is 0 Å². The molecule has 0 amide bonds. The molecule has 0 aliphatic rings. The second-order valence-electron chi connectivity index (χ2n) is 6.45. The molecule has 9 heteroatoms. The Morgan fingerprint density at radius 2 is 2.03 bits per heavy atom. The van der Waals surface area contributed by atoms with Gasteiger partial charge in [0.1, 0.15) is 5.69 Å². The van der Waals surface area contributed by atoms with Crippen LogP contribution in [0.2, 0.25) is 5.02 Å². The van der Waals surface area contributed by atoms with Gasteiger partial charge in [0.25, 0.3) is 5.56 Å². The van der Waals surface area contributed by atoms with Gasteiger partial charge in [-0.15, -0.1) is 4.68 Å². The van der Waals surface area contributed by atoms with Gasteiger partial charge in [-0.2, -0.15) is 15.5 Å². The summed E-state index contributed by atoms with van der Waals surface area (Å²) in [6.07, 6.45) is 3.39. The molecule has 0 spiro atoms. The molecule has 0 bridgehead atoms. The summed E-state index contributed by atoms with van der Waals surface area (Å²) in [6.45, 7) is 0.397. The van der Waals surface area contributed by atoms with Crippen LogP contribution in [0.25, 0.3) is 22.2 Å². The normalized spacial score (nSPS) is 11.2. The van der Waals surface area contributed by atoms with Crippen molar-refractivity contribution in [3.05, 3.63) is 86.2 Å². The zero-order valence-corrected chi connectivity index (χ0v) is 16.4. The molecule has 2 heterocycles. The molecule has 0 saturated heterocycles. The molecule has 0 atom stereocenters. The van der Waals surface area contributed by atoms with E-state index in [0.717, 1.165) is 10.2 Å². The van der Waals surface area contributed by atoms with E-state index in [2.05, 4.69) is 21.3 Å². The maximum atomic E-state index is 12.7. The van der Waals surface area contributed by atoms with Crippen LogP contribution in [0, 0.1) is 11.3 Å². The average molecular weight is 419 g/mol. The molecule has 2 aromatic heterocycles. The topological polar surface area (TPSA) is 109 Å². The van der Waals surface area contributed by atoms with Crippen molar-refractivity contribution < 1.29 is 0 Å². The van der Waals surface area contributed by atoms with Crippen LogP contribution in [0.5, 0.6) is 0 Å². The van der Waals surface area contributed by atoms with Gasteiger partial charge in [-0.25, -0.2) is 4.79 Å². The van der Waals surface area contributed by atoms with Gasteiger partial charge >= 0.3 is 5.69 Å². The molecular formula is C21H15ClN6O2. The van der Waals surface area contributed by atoms with Crippen molar-refractivity contribution in [2.24, 2.45) is 5.10 Å². The van der Waals surface area contributed by atoms with Crippen molar-refractivity contribution >= 4 is 28.7 Å². The molecular weight excluding hydrogens is 404 g/mol. The number of rotatable bonds is 5. The van der Waals surface area contributed by atoms with Crippen molar-refractivity contribution in [1.29, 1.82) is 5.26 Å². The number of fused-ring (bicyclic) bond motifs is 1. The molecule has 0 aliphatic carbocycles. The number of aromatic amines is 1. The maximum absolute atomic E-state index is 12.7. The first-order chi connectivity index (χ1) is 14.6. The number of aromatic nitrogens is 4. The van der Waals surface area contributed by atoms with Crippen molar-refractivity contribution in [2.45, 2.75) is 13.0 Å². The third kappa shape index (κ3) is 3.79. The Bertz CT molecular complexity index is 1420. The molecule has 148 valence electrons. The lowest BCUT2D eigenvalue weighted by Crippen LogP contribution is -2.32. The predicted octanol–water partition coefficient (Wildman–Crippen LogP) is 3.00. The van der Waals surface area contributed by atoms with E-state index in [0.29, 0.717) is 33.7 Å². The fourth-order valence-electron chi connectivity index (χ4n) is 3.05. The van der Waals surface area contributed by atoms with E-state index in [1.807, 2.05) is 6.07 Å². The number of hydrogen-bond donors (Lipinski definition) is 1. The predicted molar refractivity (Wildman–Crippen MR) is 115 cm³/mol. The first-order valence-corrected chi connectivity index (χ1v) is 9.43. The minimum Gasteiger partial charge on any atom is -0.305 e. The van der Waals surface area contributed by atoms with Gasteiger partial charge in [0.05, 0.1) is 36.2 Å². The number of halogens is 1. The quantitative estimate of drug-likeness (QED) is 0.502. The summed E-state index contributed by atoms with van der Waals surface area (Å²) in [5.41, 5.74) is 1.18. The summed E-state index contributed by atoms with van der Waals surface area (Å²) in [5.74, 6) is 0. The molecule has 0 radical (unpaired) electrons. The first-order valence-electron chi connectivity index (χ1n) is 9.05. The summed E-state index contributed by atoms with van der Waals surface area (Å²) in [5, 5.41) is 18.4. The summed E-state index contributed by atoms with van der Waals surface area (Å²) >= 11 is 6.11. The van der Waals surface area contributed by atoms with E-state index in [4.69, 9.17) is 16.9 Å². The smallest absolute Gasteiger partial charge is 0.305 e. The highest BCUT2D eigenvalue weighted by Gasteiger charge is 2.12. The first kappa shape index (κ1) is 19.4. The van der Waals surface area contributed by atoms with E-state index < -0.39 is 11.2 Å². The fraction of sp³-hybridized carbons (Fsp3) is 0.0952. The van der Waals surface area contributed by atoms with Crippen molar-refractivity contribution in [3.63, 3.8) is 0 Å². The third-order valence-corrected chi connectivity index (χ3v) is 4.67. The van der Waals surface area contributed by atoms with Gasteiger partial charge in [0.2, 0.25) is 0 Å². The summed E-state index contributed by atoms with van der Waals surface area (Å²) in [4.78, 5) is 27.7. The number of nitrogens with one attached hydrogen (secondary N) is 1. The number of hydrogen-bond acceptors (Lipinski definition) is 5. The average Bonchev–Trinajstić information content (AvgIpc) is 3.15. The van der Waals surface area contributed by atoms with Crippen molar-refractivity contribution in [1.82, 2.24) is 19.4 Å². The van der Waals surface area contributed by atoms with E-state index >= 15 is 0 Å². The number of nitrogens with zero attached hydrogens (tertiary/aromatic N) is 5. The van der Waals surface area contributed by atoms with Crippen LogP contribution in [0.3, 0.4) is 0 Å². The molecule has 4 aromatic rings. The molecule has 4 rings (SSSR count). The Morgan fingerprint density at radius 1 is 1.20 bits per heavy atom. The highest BCUT2D eigenvalue weighted by Crippen LogP contribution is 2.24. The van der Waals surface area contributed by atoms with Gasteiger partial charge in [-0.3, -0.25) is 9.48 Å². The number of para-hydroxylation sites is 1. The van der Waals surface area contributed by atoms with E-state index in [-0.39, 0.29) is 6.42 Å². The largest absolute Gasteiger partial charge is 0.349 e. The molecule has 2 aromatic carbocycles. The van der Waals surface area contributed by atoms with Gasteiger partial charge < -0.3 is 4.98 Å². The number of nitriles is 1. The van der Waals surface area contributed by atoms with Gasteiger partial charge in [-0.1, -0.05) is 35.9 Å². The van der Waals surface area contributed by atoms with Gasteiger partial charge in [-0.05, 0) is 24.3 Å².